The lowest BCUT2D eigenvalue weighted by Crippen LogP contribution is -2.47. The summed E-state index contributed by atoms with van der Waals surface area (Å²) in [6, 6.07) is 9.86. The summed E-state index contributed by atoms with van der Waals surface area (Å²) in [6.45, 7) is 9.14. The van der Waals surface area contributed by atoms with Crippen LogP contribution in [0.2, 0.25) is 0 Å². The van der Waals surface area contributed by atoms with Crippen LogP contribution in [0.3, 0.4) is 0 Å². The van der Waals surface area contributed by atoms with E-state index in [4.69, 9.17) is 30.6 Å². The number of anilines is 1. The van der Waals surface area contributed by atoms with Gasteiger partial charge in [-0.2, -0.15) is 4.98 Å². The third-order valence-electron chi connectivity index (χ3n) is 4.66. The summed E-state index contributed by atoms with van der Waals surface area (Å²) >= 11 is 0. The van der Waals surface area contributed by atoms with Crippen LogP contribution in [0.5, 0.6) is 5.75 Å². The summed E-state index contributed by atoms with van der Waals surface area (Å²) in [5.74, 6) is 0.366. The molecule has 2 aliphatic heterocycles. The van der Waals surface area contributed by atoms with Crippen molar-refractivity contribution in [1.29, 1.82) is 0 Å². The normalized spacial score (nSPS) is 34.4. The topological polar surface area (TPSA) is 119 Å². The molecule has 0 bridgehead atoms. The quantitative estimate of drug-likeness (QED) is 0.609. The number of hydrogen-bond donors (Lipinski definition) is 1. The summed E-state index contributed by atoms with van der Waals surface area (Å²) in [5, 5.41) is 0. The first-order chi connectivity index (χ1) is 13.3. The number of phosphoric ester groups is 1. The van der Waals surface area contributed by atoms with Crippen molar-refractivity contribution in [2.75, 3.05) is 12.3 Å². The molecule has 3 heterocycles. The fourth-order valence-corrected chi connectivity index (χ4v) is 4.75. The van der Waals surface area contributed by atoms with Crippen LogP contribution in [0, 0.1) is 6.57 Å². The monoisotopic (exact) mass is 404 g/mol. The zero-order valence-corrected chi connectivity index (χ0v) is 15.7. The van der Waals surface area contributed by atoms with E-state index in [0.717, 1.165) is 0 Å². The first-order valence-corrected chi connectivity index (χ1v) is 9.87. The number of aromatic nitrogens is 2. The molecule has 1 unspecified atom stereocenters. The van der Waals surface area contributed by atoms with Crippen LogP contribution >= 0.6 is 7.82 Å². The Morgan fingerprint density at radius 1 is 1.39 bits per heavy atom. The van der Waals surface area contributed by atoms with Crippen LogP contribution in [0.25, 0.3) is 4.85 Å². The van der Waals surface area contributed by atoms with Gasteiger partial charge in [-0.3, -0.25) is 13.6 Å². The molecule has 2 N–H and O–H groups in total. The van der Waals surface area contributed by atoms with Gasteiger partial charge in [-0.1, -0.05) is 18.2 Å². The van der Waals surface area contributed by atoms with Crippen molar-refractivity contribution >= 4 is 13.6 Å². The molecule has 4 rings (SSSR count). The van der Waals surface area contributed by atoms with E-state index in [-0.39, 0.29) is 12.4 Å². The Kier molecular flexibility index (Phi) is 4.48. The molecule has 2 aliphatic rings. The number of nitrogen functional groups attached to an aromatic ring is 1. The van der Waals surface area contributed by atoms with Gasteiger partial charge in [0.2, 0.25) is 6.23 Å². The van der Waals surface area contributed by atoms with Crippen LogP contribution in [0.1, 0.15) is 13.2 Å². The summed E-state index contributed by atoms with van der Waals surface area (Å²) < 4.78 is 36.4. The number of benzene rings is 1. The third-order valence-corrected chi connectivity index (χ3v) is 6.05. The molecule has 5 atom stereocenters. The summed E-state index contributed by atoms with van der Waals surface area (Å²) in [5.41, 5.74) is 3.50. The number of nitrogens with zero attached hydrogens (tertiary/aromatic N) is 3. The Labute approximate surface area is 160 Å². The molecule has 1 aromatic carbocycles. The molecule has 0 aliphatic carbocycles. The van der Waals surface area contributed by atoms with E-state index in [1.54, 1.807) is 37.3 Å². The third kappa shape index (κ3) is 3.08. The van der Waals surface area contributed by atoms with Crippen LogP contribution < -0.4 is 15.9 Å². The van der Waals surface area contributed by atoms with Gasteiger partial charge in [-0.05, 0) is 18.2 Å². The highest BCUT2D eigenvalue weighted by Crippen LogP contribution is 2.59. The fourth-order valence-electron chi connectivity index (χ4n) is 3.26. The minimum absolute atomic E-state index is 0.0570. The predicted octanol–water partition coefficient (Wildman–Crippen LogP) is 2.00. The molecule has 2 aromatic rings. The van der Waals surface area contributed by atoms with Gasteiger partial charge in [0.25, 0.3) is 0 Å². The van der Waals surface area contributed by atoms with Crippen molar-refractivity contribution in [2.24, 2.45) is 0 Å². The minimum atomic E-state index is -3.98. The van der Waals surface area contributed by atoms with Gasteiger partial charge in [0.15, 0.2) is 6.10 Å². The molecular formula is C17H17N4O6P. The largest absolute Gasteiger partial charge is 0.530 e. The average molecular weight is 404 g/mol. The Balaban J connectivity index is 1.65. The van der Waals surface area contributed by atoms with Gasteiger partial charge >= 0.3 is 19.1 Å². The summed E-state index contributed by atoms with van der Waals surface area (Å²) in [7, 11) is -3.98. The minimum Gasteiger partial charge on any atom is -0.404 e. The van der Waals surface area contributed by atoms with E-state index in [2.05, 4.69) is 9.83 Å². The second-order valence-electron chi connectivity index (χ2n) is 6.58. The molecule has 10 nitrogen and oxygen atoms in total. The number of nitrogens with two attached hydrogens (primary N) is 1. The van der Waals surface area contributed by atoms with E-state index >= 15 is 0 Å². The highest BCUT2D eigenvalue weighted by Gasteiger charge is 2.66. The number of ether oxygens (including phenoxy) is 1. The highest BCUT2D eigenvalue weighted by molar-refractivity contribution is 7.49. The van der Waals surface area contributed by atoms with Crippen LogP contribution in [0.15, 0.2) is 47.4 Å². The van der Waals surface area contributed by atoms with Crippen LogP contribution in [-0.2, 0) is 18.3 Å². The Bertz CT molecular complexity index is 1040. The summed E-state index contributed by atoms with van der Waals surface area (Å²) in [4.78, 5) is 19.6. The highest BCUT2D eigenvalue weighted by atomic mass is 31.2. The molecule has 146 valence electrons. The number of fused-ring (bicyclic) bond motifs is 1. The molecule has 1 aromatic heterocycles. The molecule has 0 saturated carbocycles. The van der Waals surface area contributed by atoms with E-state index in [9.17, 15) is 9.36 Å². The fraction of sp³-hybridized carbons (Fsp3) is 0.353. The van der Waals surface area contributed by atoms with Crippen molar-refractivity contribution in [3.63, 3.8) is 0 Å². The first kappa shape index (κ1) is 18.7. The Morgan fingerprint density at radius 2 is 2.14 bits per heavy atom. The lowest BCUT2D eigenvalue weighted by molar-refractivity contribution is -0.0667. The predicted molar refractivity (Wildman–Crippen MR) is 97.3 cm³/mol. The molecule has 11 heteroatoms. The lowest BCUT2D eigenvalue weighted by Gasteiger charge is -2.31. The van der Waals surface area contributed by atoms with Crippen molar-refractivity contribution in [3.8, 4) is 5.75 Å². The van der Waals surface area contributed by atoms with Crippen molar-refractivity contribution < 1.29 is 22.9 Å². The number of hydrogen-bond acceptors (Lipinski definition) is 8. The molecule has 28 heavy (non-hydrogen) atoms. The van der Waals surface area contributed by atoms with E-state index in [0.29, 0.717) is 5.75 Å². The number of phosphoric acid groups is 1. The SMILES string of the molecule is [C-]#[N+][C@]1(C)[C@@H]2OP(=O)(Oc3ccccc3)OC[C@H]2O[C@H]1n1ccc(N)nc1=O. The van der Waals surface area contributed by atoms with E-state index < -0.39 is 37.5 Å². The van der Waals surface area contributed by atoms with Crippen molar-refractivity contribution in [1.82, 2.24) is 9.55 Å². The van der Waals surface area contributed by atoms with Gasteiger partial charge in [-0.15, -0.1) is 0 Å². The summed E-state index contributed by atoms with van der Waals surface area (Å²) in [6.07, 6.45) is -1.28. The van der Waals surface area contributed by atoms with E-state index in [1.165, 1.54) is 16.8 Å². The maximum absolute atomic E-state index is 13.0. The first-order valence-electron chi connectivity index (χ1n) is 8.41. The molecule has 2 fully saturated rings. The van der Waals surface area contributed by atoms with Crippen LogP contribution in [0.4, 0.5) is 5.82 Å². The average Bonchev–Trinajstić information content (AvgIpc) is 2.95. The number of para-hydroxylation sites is 1. The van der Waals surface area contributed by atoms with Gasteiger partial charge in [0.1, 0.15) is 17.7 Å². The van der Waals surface area contributed by atoms with Crippen molar-refractivity contribution in [2.45, 2.75) is 30.9 Å². The number of rotatable bonds is 3. The smallest absolute Gasteiger partial charge is 0.404 e. The second-order valence-corrected chi connectivity index (χ2v) is 8.13. The standard InChI is InChI=1S/C17H17N4O6P/c1-17(19-2)14-12(25-15(17)21-9-8-13(18)20-16(21)22)10-24-28(23,27-14)26-11-6-4-3-5-7-11/h3-9,12,14-15H,10H2,1H3,(H2,18,20,22)/t12-,14-,15-,17-,28?/m1/s1. The maximum atomic E-state index is 13.0. The second kappa shape index (κ2) is 6.72. The lowest BCUT2D eigenvalue weighted by atomic mass is 9.93. The zero-order chi connectivity index (χ0) is 19.9. The Hall–Kier alpha value is -2.70. The maximum Gasteiger partial charge on any atom is 0.530 e. The molecular weight excluding hydrogens is 387 g/mol. The molecule has 2 saturated heterocycles. The van der Waals surface area contributed by atoms with Gasteiger partial charge in [0.05, 0.1) is 6.61 Å². The Morgan fingerprint density at radius 3 is 2.82 bits per heavy atom. The molecule has 0 radical (unpaired) electrons. The van der Waals surface area contributed by atoms with Gasteiger partial charge in [0, 0.05) is 13.1 Å². The van der Waals surface area contributed by atoms with E-state index in [1.807, 2.05) is 0 Å². The molecule has 0 amide bonds. The van der Waals surface area contributed by atoms with Gasteiger partial charge < -0.3 is 19.8 Å². The molecule has 0 spiro atoms. The van der Waals surface area contributed by atoms with Crippen molar-refractivity contribution in [3.05, 3.63) is 64.5 Å². The van der Waals surface area contributed by atoms with Crippen LogP contribution in [-0.4, -0.2) is 33.9 Å². The zero-order valence-electron chi connectivity index (χ0n) is 14.8. The van der Waals surface area contributed by atoms with Gasteiger partial charge in [-0.25, -0.2) is 15.9 Å².